The molecule has 1 aromatic carbocycles. The Labute approximate surface area is 87.0 Å². The van der Waals surface area contributed by atoms with Gasteiger partial charge in [-0.3, -0.25) is 0 Å². The third-order valence-corrected chi connectivity index (χ3v) is 1.85. The first kappa shape index (κ1) is 13.1. The normalized spacial score (nSPS) is 11.4. The van der Waals surface area contributed by atoms with Crippen LogP contribution >= 0.6 is 0 Å². The highest BCUT2D eigenvalue weighted by Gasteiger charge is 2.04. The molecule has 0 saturated carbocycles. The highest BCUT2D eigenvalue weighted by atomic mass is 16.3. The first-order valence-corrected chi connectivity index (χ1v) is 5.22. The van der Waals surface area contributed by atoms with Crippen molar-refractivity contribution >= 4 is 0 Å². The van der Waals surface area contributed by atoms with E-state index in [9.17, 15) is 5.11 Å². The van der Waals surface area contributed by atoms with Crippen molar-refractivity contribution < 1.29 is 5.11 Å². The van der Waals surface area contributed by atoms with Gasteiger partial charge in [-0.05, 0) is 25.6 Å². The van der Waals surface area contributed by atoms with Crippen LogP contribution in [0.4, 0.5) is 0 Å². The maximum absolute atomic E-state index is 9.61. The Bertz CT molecular complexity index is 211. The summed E-state index contributed by atoms with van der Waals surface area (Å²) in [5, 5.41) is 12.6. The second-order valence-electron chi connectivity index (χ2n) is 2.82. The van der Waals surface area contributed by atoms with Gasteiger partial charge in [0.1, 0.15) is 0 Å². The van der Waals surface area contributed by atoms with Gasteiger partial charge in [-0.2, -0.15) is 0 Å². The van der Waals surface area contributed by atoms with E-state index in [0.717, 1.165) is 18.5 Å². The van der Waals surface area contributed by atoms with Crippen LogP contribution in [0.2, 0.25) is 0 Å². The van der Waals surface area contributed by atoms with Crippen LogP contribution in [0.1, 0.15) is 31.9 Å². The molecule has 0 bridgehead atoms. The van der Waals surface area contributed by atoms with Crippen molar-refractivity contribution in [1.82, 2.24) is 5.32 Å². The largest absolute Gasteiger partial charge is 0.388 e. The predicted octanol–water partition coefficient (Wildman–Crippen LogP) is 2.36. The minimum atomic E-state index is -0.335. The van der Waals surface area contributed by atoms with Gasteiger partial charge < -0.3 is 10.4 Å². The number of hydrogen-bond donors (Lipinski definition) is 2. The highest BCUT2D eigenvalue weighted by molar-refractivity contribution is 5.17. The number of nitrogens with one attached hydrogen (secondary N) is 1. The Hall–Kier alpha value is -0.860. The monoisotopic (exact) mass is 195 g/mol. The van der Waals surface area contributed by atoms with Crippen LogP contribution in [0.3, 0.4) is 0 Å². The molecule has 0 aliphatic carbocycles. The molecule has 0 fully saturated rings. The summed E-state index contributed by atoms with van der Waals surface area (Å²) >= 11 is 0. The van der Waals surface area contributed by atoms with Crippen molar-refractivity contribution in [2.45, 2.75) is 26.4 Å². The van der Waals surface area contributed by atoms with Crippen LogP contribution in [-0.2, 0) is 0 Å². The summed E-state index contributed by atoms with van der Waals surface area (Å²) in [6, 6.07) is 9.73. The van der Waals surface area contributed by atoms with Crippen molar-refractivity contribution in [3.63, 3.8) is 0 Å². The lowest BCUT2D eigenvalue weighted by Gasteiger charge is -2.09. The summed E-state index contributed by atoms with van der Waals surface area (Å²) < 4.78 is 0. The quantitative estimate of drug-likeness (QED) is 0.773. The molecule has 0 amide bonds. The van der Waals surface area contributed by atoms with Crippen molar-refractivity contribution in [3.8, 4) is 0 Å². The third kappa shape index (κ3) is 5.00. The summed E-state index contributed by atoms with van der Waals surface area (Å²) in [6.07, 6.45) is 0.430. The zero-order valence-corrected chi connectivity index (χ0v) is 9.33. The second kappa shape index (κ2) is 8.73. The van der Waals surface area contributed by atoms with Gasteiger partial charge in [-0.15, -0.1) is 0 Å². The second-order valence-corrected chi connectivity index (χ2v) is 2.82. The summed E-state index contributed by atoms with van der Waals surface area (Å²) in [6.45, 7) is 4.84. The molecule has 1 unspecified atom stereocenters. The number of aliphatic hydroxyl groups is 1. The van der Waals surface area contributed by atoms with Crippen molar-refractivity contribution in [2.24, 2.45) is 0 Å². The number of rotatable bonds is 4. The molecule has 80 valence electrons. The van der Waals surface area contributed by atoms with Gasteiger partial charge >= 0.3 is 0 Å². The predicted molar refractivity (Wildman–Crippen MR) is 61.3 cm³/mol. The molecule has 14 heavy (non-hydrogen) atoms. The molecule has 0 saturated heterocycles. The molecule has 0 aromatic heterocycles. The topological polar surface area (TPSA) is 32.3 Å². The Morgan fingerprint density at radius 2 is 1.79 bits per heavy atom. The van der Waals surface area contributed by atoms with Crippen molar-refractivity contribution in [3.05, 3.63) is 35.9 Å². The average Bonchev–Trinajstić information content (AvgIpc) is 2.30. The van der Waals surface area contributed by atoms with E-state index >= 15 is 0 Å². The van der Waals surface area contributed by atoms with Gasteiger partial charge in [0.05, 0.1) is 6.10 Å². The van der Waals surface area contributed by atoms with Crippen LogP contribution in [-0.4, -0.2) is 18.7 Å². The molecule has 2 heteroatoms. The van der Waals surface area contributed by atoms with Crippen LogP contribution in [0, 0.1) is 0 Å². The van der Waals surface area contributed by atoms with E-state index in [0.29, 0.717) is 0 Å². The number of benzene rings is 1. The molecule has 2 N–H and O–H groups in total. The van der Waals surface area contributed by atoms with E-state index in [1.165, 1.54) is 0 Å². The van der Waals surface area contributed by atoms with Gasteiger partial charge in [-0.1, -0.05) is 44.2 Å². The maximum Gasteiger partial charge on any atom is 0.0802 e. The van der Waals surface area contributed by atoms with Crippen molar-refractivity contribution in [2.75, 3.05) is 13.6 Å². The smallest absolute Gasteiger partial charge is 0.0802 e. The van der Waals surface area contributed by atoms with E-state index < -0.39 is 0 Å². The first-order chi connectivity index (χ1) is 6.84. The molecule has 1 atom stereocenters. The average molecular weight is 195 g/mol. The zero-order chi connectivity index (χ0) is 10.8. The fraction of sp³-hybridized carbons (Fsp3) is 0.500. The zero-order valence-electron chi connectivity index (χ0n) is 9.33. The lowest BCUT2D eigenvalue weighted by molar-refractivity contribution is 0.168. The van der Waals surface area contributed by atoms with Gasteiger partial charge in [0.2, 0.25) is 0 Å². The lowest BCUT2D eigenvalue weighted by atomic mass is 10.1. The van der Waals surface area contributed by atoms with Crippen LogP contribution in [0.15, 0.2) is 30.3 Å². The first-order valence-electron chi connectivity index (χ1n) is 5.22. The molecule has 0 heterocycles. The minimum absolute atomic E-state index is 0.335. The molecular formula is C12H21NO. The standard InChI is InChI=1S/C10H15NO.C2H6/c1-11-8-7-10(12)9-5-3-2-4-6-9;1-2/h2-6,10-12H,7-8H2,1H3;1-2H3. The molecule has 0 aliphatic heterocycles. The van der Waals surface area contributed by atoms with E-state index in [4.69, 9.17) is 0 Å². The Kier molecular flexibility index (Phi) is 8.19. The summed E-state index contributed by atoms with van der Waals surface area (Å²) in [4.78, 5) is 0. The molecule has 0 spiro atoms. The minimum Gasteiger partial charge on any atom is -0.388 e. The molecule has 2 nitrogen and oxygen atoms in total. The van der Waals surface area contributed by atoms with Crippen LogP contribution < -0.4 is 5.32 Å². The molecular weight excluding hydrogens is 174 g/mol. The van der Waals surface area contributed by atoms with Crippen molar-refractivity contribution in [1.29, 1.82) is 0 Å². The Morgan fingerprint density at radius 3 is 2.29 bits per heavy atom. The molecule has 1 aromatic rings. The van der Waals surface area contributed by atoms with E-state index in [-0.39, 0.29) is 6.10 Å². The fourth-order valence-corrected chi connectivity index (χ4v) is 1.12. The Balaban J connectivity index is 0.000000791. The Morgan fingerprint density at radius 1 is 1.21 bits per heavy atom. The summed E-state index contributed by atoms with van der Waals surface area (Å²) in [5.74, 6) is 0. The van der Waals surface area contributed by atoms with E-state index in [2.05, 4.69) is 5.32 Å². The summed E-state index contributed by atoms with van der Waals surface area (Å²) in [7, 11) is 1.89. The van der Waals surface area contributed by atoms with Gasteiger partial charge in [0, 0.05) is 0 Å². The number of hydrogen-bond acceptors (Lipinski definition) is 2. The maximum atomic E-state index is 9.61. The SMILES string of the molecule is CC.CNCCC(O)c1ccccc1. The van der Waals surface area contributed by atoms with E-state index in [1.54, 1.807) is 0 Å². The van der Waals surface area contributed by atoms with Gasteiger partial charge in [-0.25, -0.2) is 0 Å². The molecule has 1 rings (SSSR count). The van der Waals surface area contributed by atoms with Gasteiger partial charge in [0.25, 0.3) is 0 Å². The fourth-order valence-electron chi connectivity index (χ4n) is 1.12. The van der Waals surface area contributed by atoms with Crippen LogP contribution in [0.5, 0.6) is 0 Å². The van der Waals surface area contributed by atoms with E-state index in [1.807, 2.05) is 51.2 Å². The molecule has 0 radical (unpaired) electrons. The third-order valence-electron chi connectivity index (χ3n) is 1.85. The molecule has 0 aliphatic rings. The lowest BCUT2D eigenvalue weighted by Crippen LogP contribution is -2.11. The van der Waals surface area contributed by atoms with Crippen LogP contribution in [0.25, 0.3) is 0 Å². The summed E-state index contributed by atoms with van der Waals surface area (Å²) in [5.41, 5.74) is 0.993. The highest BCUT2D eigenvalue weighted by Crippen LogP contribution is 2.14. The van der Waals surface area contributed by atoms with Gasteiger partial charge in [0.15, 0.2) is 0 Å². The number of aliphatic hydroxyl groups excluding tert-OH is 1.